The van der Waals surface area contributed by atoms with Crippen LogP contribution in [0.5, 0.6) is 11.6 Å². The van der Waals surface area contributed by atoms with E-state index in [0.29, 0.717) is 37.1 Å². The summed E-state index contributed by atoms with van der Waals surface area (Å²) in [6, 6.07) is 29.4. The number of rotatable bonds is 12. The zero-order chi connectivity index (χ0) is 24.3. The molecule has 3 aromatic carbocycles. The molecule has 0 spiro atoms. The number of aromatic nitrogens is 2. The van der Waals surface area contributed by atoms with Gasteiger partial charge in [0.1, 0.15) is 12.4 Å². The molecule has 1 heterocycles. The van der Waals surface area contributed by atoms with E-state index in [2.05, 4.69) is 0 Å². The summed E-state index contributed by atoms with van der Waals surface area (Å²) in [5, 5.41) is 8.79. The number of hydrogen-bond acceptors (Lipinski definition) is 5. The van der Waals surface area contributed by atoms with E-state index in [0.717, 1.165) is 35.2 Å². The van der Waals surface area contributed by atoms with Gasteiger partial charge in [-0.25, -0.2) is 4.98 Å². The first-order chi connectivity index (χ1) is 17.2. The number of nitrogens with zero attached hydrogens (tertiary/aromatic N) is 2. The van der Waals surface area contributed by atoms with Gasteiger partial charge in [-0.05, 0) is 37.0 Å². The number of carboxylic acids is 1. The predicted molar refractivity (Wildman–Crippen MR) is 135 cm³/mol. The van der Waals surface area contributed by atoms with Crippen molar-refractivity contribution < 1.29 is 19.4 Å². The molecule has 35 heavy (non-hydrogen) atoms. The van der Waals surface area contributed by atoms with Crippen LogP contribution in [0.25, 0.3) is 22.6 Å². The molecule has 0 atom stereocenters. The Labute approximate surface area is 205 Å². The third kappa shape index (κ3) is 7.14. The fraction of sp³-hybridized carbons (Fsp3) is 0.207. The summed E-state index contributed by atoms with van der Waals surface area (Å²) in [4.78, 5) is 20.2. The third-order valence-electron chi connectivity index (χ3n) is 5.42. The summed E-state index contributed by atoms with van der Waals surface area (Å²) >= 11 is 0. The number of unbranched alkanes of at least 4 members (excludes halogenated alkanes) is 2. The number of para-hydroxylation sites is 1. The van der Waals surface area contributed by atoms with Crippen LogP contribution >= 0.6 is 0 Å². The summed E-state index contributed by atoms with van der Waals surface area (Å²) in [5.41, 5.74) is 3.57. The van der Waals surface area contributed by atoms with Crippen LogP contribution in [0.4, 0.5) is 0 Å². The maximum absolute atomic E-state index is 10.7. The Hall–Kier alpha value is -4.19. The van der Waals surface area contributed by atoms with Crippen LogP contribution in [-0.4, -0.2) is 27.7 Å². The molecule has 0 radical (unpaired) electrons. The Morgan fingerprint density at radius 1 is 0.771 bits per heavy atom. The molecule has 0 saturated heterocycles. The van der Waals surface area contributed by atoms with Crippen molar-refractivity contribution >= 4 is 5.97 Å². The quantitative estimate of drug-likeness (QED) is 0.242. The number of carbonyl (C=O) groups is 1. The Kier molecular flexibility index (Phi) is 8.43. The minimum atomic E-state index is -0.767. The van der Waals surface area contributed by atoms with Gasteiger partial charge in [0, 0.05) is 18.1 Å². The number of carboxylic acid groups (broad SMARTS) is 1. The first-order valence-corrected chi connectivity index (χ1v) is 11.7. The molecule has 178 valence electrons. The molecule has 4 aromatic rings. The Morgan fingerprint density at radius 2 is 1.49 bits per heavy atom. The van der Waals surface area contributed by atoms with Crippen molar-refractivity contribution in [2.45, 2.75) is 32.3 Å². The molecule has 1 aromatic heterocycles. The average molecular weight is 469 g/mol. The topological polar surface area (TPSA) is 81.5 Å². The van der Waals surface area contributed by atoms with Gasteiger partial charge >= 0.3 is 5.97 Å². The van der Waals surface area contributed by atoms with Gasteiger partial charge in [0.05, 0.1) is 17.9 Å². The fourth-order valence-electron chi connectivity index (χ4n) is 3.62. The van der Waals surface area contributed by atoms with Crippen molar-refractivity contribution in [2.24, 2.45) is 0 Å². The van der Waals surface area contributed by atoms with E-state index in [1.54, 1.807) is 0 Å². The van der Waals surface area contributed by atoms with E-state index in [1.165, 1.54) is 0 Å². The molecule has 6 nitrogen and oxygen atoms in total. The van der Waals surface area contributed by atoms with Crippen molar-refractivity contribution in [2.75, 3.05) is 6.61 Å². The fourth-order valence-corrected chi connectivity index (χ4v) is 3.62. The Bertz CT molecular complexity index is 1230. The maximum Gasteiger partial charge on any atom is 0.303 e. The van der Waals surface area contributed by atoms with Crippen molar-refractivity contribution in [3.05, 3.63) is 96.6 Å². The first-order valence-electron chi connectivity index (χ1n) is 11.7. The molecular formula is C29H28N2O4. The van der Waals surface area contributed by atoms with Crippen LogP contribution in [-0.2, 0) is 11.4 Å². The number of ether oxygens (including phenoxy) is 2. The first kappa shape index (κ1) is 24.0. The largest absolute Gasteiger partial charge is 0.493 e. The van der Waals surface area contributed by atoms with Crippen LogP contribution in [0, 0.1) is 0 Å². The molecule has 0 amide bonds. The lowest BCUT2D eigenvalue weighted by Crippen LogP contribution is -2.03. The number of aliphatic carboxylic acids is 1. The van der Waals surface area contributed by atoms with E-state index in [4.69, 9.17) is 24.5 Å². The van der Waals surface area contributed by atoms with Crippen LogP contribution < -0.4 is 9.47 Å². The third-order valence-corrected chi connectivity index (χ3v) is 5.42. The van der Waals surface area contributed by atoms with Crippen molar-refractivity contribution in [1.29, 1.82) is 0 Å². The van der Waals surface area contributed by atoms with Gasteiger partial charge in [-0.15, -0.1) is 0 Å². The molecular weight excluding hydrogens is 440 g/mol. The summed E-state index contributed by atoms with van der Waals surface area (Å²) in [6.45, 7) is 0.895. The van der Waals surface area contributed by atoms with Crippen molar-refractivity contribution in [1.82, 2.24) is 9.97 Å². The van der Waals surface area contributed by atoms with Gasteiger partial charge < -0.3 is 14.6 Å². The van der Waals surface area contributed by atoms with Crippen LogP contribution in [0.1, 0.15) is 31.2 Å². The van der Waals surface area contributed by atoms with Crippen LogP contribution in [0.3, 0.4) is 0 Å². The lowest BCUT2D eigenvalue weighted by atomic mass is 10.1. The van der Waals surface area contributed by atoms with Gasteiger partial charge in [-0.2, -0.15) is 4.98 Å². The molecule has 0 aliphatic carbocycles. The predicted octanol–water partition coefficient (Wildman–Crippen LogP) is 6.41. The summed E-state index contributed by atoms with van der Waals surface area (Å²) in [6.07, 6.45) is 2.40. The van der Waals surface area contributed by atoms with E-state index in [-0.39, 0.29) is 6.42 Å². The van der Waals surface area contributed by atoms with Gasteiger partial charge in [-0.3, -0.25) is 4.79 Å². The minimum Gasteiger partial charge on any atom is -0.493 e. The zero-order valence-electron chi connectivity index (χ0n) is 19.5. The minimum absolute atomic E-state index is 0.183. The monoisotopic (exact) mass is 468 g/mol. The lowest BCUT2D eigenvalue weighted by molar-refractivity contribution is -0.137. The molecule has 0 unspecified atom stereocenters. The highest BCUT2D eigenvalue weighted by Gasteiger charge is 2.14. The maximum atomic E-state index is 10.7. The second-order valence-corrected chi connectivity index (χ2v) is 8.10. The van der Waals surface area contributed by atoms with Crippen molar-refractivity contribution in [3.8, 4) is 34.3 Å². The molecule has 0 bridgehead atoms. The SMILES string of the molecule is O=C(O)CCCCCOc1ccccc1-c1nc(OCc2ccccc2)cc(-c2ccccc2)n1. The number of benzene rings is 3. The van der Waals surface area contributed by atoms with E-state index < -0.39 is 5.97 Å². The van der Waals surface area contributed by atoms with Gasteiger partial charge in [0.15, 0.2) is 5.82 Å². The molecule has 0 aliphatic rings. The van der Waals surface area contributed by atoms with Gasteiger partial charge in [0.2, 0.25) is 5.88 Å². The van der Waals surface area contributed by atoms with Gasteiger partial charge in [0.25, 0.3) is 0 Å². The molecule has 0 aliphatic heterocycles. The van der Waals surface area contributed by atoms with E-state index >= 15 is 0 Å². The smallest absolute Gasteiger partial charge is 0.303 e. The van der Waals surface area contributed by atoms with E-state index in [1.807, 2.05) is 91.0 Å². The number of hydrogen-bond donors (Lipinski definition) is 1. The van der Waals surface area contributed by atoms with Crippen LogP contribution in [0.2, 0.25) is 0 Å². The second-order valence-electron chi connectivity index (χ2n) is 8.10. The summed E-state index contributed by atoms with van der Waals surface area (Å²) in [7, 11) is 0. The highest BCUT2D eigenvalue weighted by molar-refractivity contribution is 5.69. The van der Waals surface area contributed by atoms with Crippen LogP contribution in [0.15, 0.2) is 91.0 Å². The highest BCUT2D eigenvalue weighted by atomic mass is 16.5. The Morgan fingerprint density at radius 3 is 2.26 bits per heavy atom. The standard InChI is InChI=1S/C29H28N2O4/c32-28(33)18-8-3-11-19-34-26-17-10-9-16-24(26)29-30-25(23-14-6-2-7-15-23)20-27(31-29)35-21-22-12-4-1-5-13-22/h1-2,4-7,9-10,12-17,20H,3,8,11,18-19,21H2,(H,32,33). The summed E-state index contributed by atoms with van der Waals surface area (Å²) in [5.74, 6) is 0.930. The van der Waals surface area contributed by atoms with E-state index in [9.17, 15) is 4.79 Å². The Balaban J connectivity index is 1.57. The molecule has 4 rings (SSSR count). The van der Waals surface area contributed by atoms with Gasteiger partial charge in [-0.1, -0.05) is 72.8 Å². The molecule has 1 N–H and O–H groups in total. The normalized spacial score (nSPS) is 10.6. The lowest BCUT2D eigenvalue weighted by Gasteiger charge is -2.13. The highest BCUT2D eigenvalue weighted by Crippen LogP contribution is 2.31. The summed E-state index contributed by atoms with van der Waals surface area (Å²) < 4.78 is 12.1. The average Bonchev–Trinajstić information content (AvgIpc) is 2.90. The molecule has 0 fully saturated rings. The molecule has 6 heteroatoms. The van der Waals surface area contributed by atoms with Crippen molar-refractivity contribution in [3.63, 3.8) is 0 Å². The second kappa shape index (κ2) is 12.3. The zero-order valence-corrected chi connectivity index (χ0v) is 19.5. The molecule has 0 saturated carbocycles.